The third-order valence-electron chi connectivity index (χ3n) is 3.31. The van der Waals surface area contributed by atoms with Crippen molar-refractivity contribution < 1.29 is 14.3 Å². The molecule has 0 N–H and O–H groups in total. The van der Waals surface area contributed by atoms with Crippen LogP contribution in [0.3, 0.4) is 0 Å². The van der Waals surface area contributed by atoms with Gasteiger partial charge >= 0.3 is 5.97 Å². The van der Waals surface area contributed by atoms with Gasteiger partial charge in [0.15, 0.2) is 0 Å². The van der Waals surface area contributed by atoms with Crippen LogP contribution in [0.4, 0.5) is 0 Å². The Labute approximate surface area is 117 Å². The molecule has 4 nitrogen and oxygen atoms in total. The van der Waals surface area contributed by atoms with Gasteiger partial charge < -0.3 is 9.64 Å². The number of ether oxygens (including phenoxy) is 1. The summed E-state index contributed by atoms with van der Waals surface area (Å²) in [4.78, 5) is 25.8. The van der Waals surface area contributed by atoms with Crippen LogP contribution in [-0.2, 0) is 9.53 Å². The summed E-state index contributed by atoms with van der Waals surface area (Å²) in [5, 5.41) is 0.512. The van der Waals surface area contributed by atoms with E-state index in [9.17, 15) is 9.59 Å². The van der Waals surface area contributed by atoms with Gasteiger partial charge in [-0.05, 0) is 37.5 Å². The molecule has 0 spiro atoms. The van der Waals surface area contributed by atoms with Crippen LogP contribution in [-0.4, -0.2) is 36.5 Å². The zero-order valence-corrected chi connectivity index (χ0v) is 11.5. The minimum atomic E-state index is -0.481. The van der Waals surface area contributed by atoms with E-state index in [1.807, 2.05) is 0 Å². The number of piperidine rings is 1. The van der Waals surface area contributed by atoms with Crippen molar-refractivity contribution in [3.8, 4) is 0 Å². The molecular weight excluding hydrogens is 266 g/mol. The van der Waals surface area contributed by atoms with Crippen LogP contribution in [0.15, 0.2) is 24.3 Å². The second-order valence-corrected chi connectivity index (χ2v) is 4.98. The number of hydrogen-bond acceptors (Lipinski definition) is 3. The number of amides is 1. The standard InChI is InChI=1S/C14H16ClNO3/c1-19-14(18)12-7-2-3-8-16(12)13(17)10-5-4-6-11(15)9-10/h4-6,9,12H,2-3,7-8H2,1H3. The van der Waals surface area contributed by atoms with E-state index in [-0.39, 0.29) is 11.9 Å². The maximum Gasteiger partial charge on any atom is 0.328 e. The van der Waals surface area contributed by atoms with Crippen molar-refractivity contribution >= 4 is 23.5 Å². The Balaban J connectivity index is 2.22. The highest BCUT2D eigenvalue weighted by molar-refractivity contribution is 6.31. The van der Waals surface area contributed by atoms with Crippen LogP contribution < -0.4 is 0 Å². The van der Waals surface area contributed by atoms with Gasteiger partial charge in [-0.25, -0.2) is 4.79 Å². The molecule has 1 heterocycles. The Morgan fingerprint density at radius 2 is 2.16 bits per heavy atom. The summed E-state index contributed by atoms with van der Waals surface area (Å²) in [6.07, 6.45) is 2.48. The van der Waals surface area contributed by atoms with Crippen molar-refractivity contribution in [2.24, 2.45) is 0 Å². The molecule has 1 aromatic carbocycles. The second kappa shape index (κ2) is 6.06. The maximum atomic E-state index is 12.4. The average Bonchev–Trinajstić information content (AvgIpc) is 2.45. The fourth-order valence-corrected chi connectivity index (χ4v) is 2.53. The predicted octanol–water partition coefficient (Wildman–Crippen LogP) is 2.51. The minimum absolute atomic E-state index is 0.169. The SMILES string of the molecule is COC(=O)C1CCCCN1C(=O)c1cccc(Cl)c1. The zero-order chi connectivity index (χ0) is 13.8. The highest BCUT2D eigenvalue weighted by atomic mass is 35.5. The van der Waals surface area contributed by atoms with Crippen molar-refractivity contribution in [1.82, 2.24) is 4.90 Å². The third-order valence-corrected chi connectivity index (χ3v) is 3.54. The van der Waals surface area contributed by atoms with Gasteiger partial charge in [0, 0.05) is 17.1 Å². The van der Waals surface area contributed by atoms with Gasteiger partial charge in [-0.1, -0.05) is 17.7 Å². The molecule has 1 aliphatic rings. The number of carbonyl (C=O) groups is 2. The first-order valence-electron chi connectivity index (χ1n) is 6.28. The molecule has 2 rings (SSSR count). The lowest BCUT2D eigenvalue weighted by atomic mass is 10.0. The molecule has 1 unspecified atom stereocenters. The monoisotopic (exact) mass is 281 g/mol. The number of benzene rings is 1. The normalized spacial score (nSPS) is 19.1. The van der Waals surface area contributed by atoms with Gasteiger partial charge in [-0.15, -0.1) is 0 Å². The molecule has 1 amide bonds. The molecule has 1 atom stereocenters. The Morgan fingerprint density at radius 1 is 1.37 bits per heavy atom. The molecule has 5 heteroatoms. The Morgan fingerprint density at radius 3 is 2.84 bits per heavy atom. The molecule has 1 saturated heterocycles. The number of hydrogen-bond donors (Lipinski definition) is 0. The lowest BCUT2D eigenvalue weighted by Crippen LogP contribution is -2.48. The van der Waals surface area contributed by atoms with E-state index in [2.05, 4.69) is 0 Å². The van der Waals surface area contributed by atoms with Crippen LogP contribution in [0.25, 0.3) is 0 Å². The van der Waals surface area contributed by atoms with Crippen molar-refractivity contribution in [3.63, 3.8) is 0 Å². The molecule has 0 saturated carbocycles. The zero-order valence-electron chi connectivity index (χ0n) is 10.8. The van der Waals surface area contributed by atoms with Gasteiger partial charge in [-0.2, -0.15) is 0 Å². The van der Waals surface area contributed by atoms with Gasteiger partial charge in [-0.3, -0.25) is 4.79 Å². The summed E-state index contributed by atoms with van der Waals surface area (Å²) >= 11 is 5.89. The number of carbonyl (C=O) groups excluding carboxylic acids is 2. The lowest BCUT2D eigenvalue weighted by molar-refractivity contribution is -0.147. The van der Waals surface area contributed by atoms with E-state index in [1.54, 1.807) is 29.2 Å². The van der Waals surface area contributed by atoms with Gasteiger partial charge in [0.25, 0.3) is 5.91 Å². The molecule has 1 aliphatic heterocycles. The minimum Gasteiger partial charge on any atom is -0.467 e. The largest absolute Gasteiger partial charge is 0.467 e. The predicted molar refractivity (Wildman–Crippen MR) is 72.1 cm³/mol. The van der Waals surface area contributed by atoms with Crippen LogP contribution in [0.2, 0.25) is 5.02 Å². The Kier molecular flexibility index (Phi) is 4.43. The Hall–Kier alpha value is -1.55. The van der Waals surface area contributed by atoms with Crippen molar-refractivity contribution in [2.75, 3.05) is 13.7 Å². The van der Waals surface area contributed by atoms with Crippen LogP contribution >= 0.6 is 11.6 Å². The highest BCUT2D eigenvalue weighted by Gasteiger charge is 2.33. The number of nitrogens with zero attached hydrogens (tertiary/aromatic N) is 1. The molecule has 0 aliphatic carbocycles. The summed E-state index contributed by atoms with van der Waals surface area (Å²) in [6, 6.07) is 6.29. The molecular formula is C14H16ClNO3. The van der Waals surface area contributed by atoms with Crippen molar-refractivity contribution in [1.29, 1.82) is 0 Å². The fraction of sp³-hybridized carbons (Fsp3) is 0.429. The van der Waals surface area contributed by atoms with E-state index in [0.29, 0.717) is 23.6 Å². The van der Waals surface area contributed by atoms with Crippen molar-refractivity contribution in [3.05, 3.63) is 34.9 Å². The molecule has 19 heavy (non-hydrogen) atoms. The number of esters is 1. The molecule has 1 fully saturated rings. The summed E-state index contributed by atoms with van der Waals surface area (Å²) in [7, 11) is 1.35. The summed E-state index contributed by atoms with van der Waals surface area (Å²) in [5.41, 5.74) is 0.503. The first-order valence-corrected chi connectivity index (χ1v) is 6.65. The van der Waals surface area contributed by atoms with E-state index in [4.69, 9.17) is 16.3 Å². The van der Waals surface area contributed by atoms with Crippen LogP contribution in [0.5, 0.6) is 0 Å². The first-order chi connectivity index (χ1) is 9.13. The number of methoxy groups -OCH3 is 1. The second-order valence-electron chi connectivity index (χ2n) is 4.54. The van der Waals surface area contributed by atoms with Gasteiger partial charge in [0.2, 0.25) is 0 Å². The topological polar surface area (TPSA) is 46.6 Å². The van der Waals surface area contributed by atoms with E-state index < -0.39 is 6.04 Å². The molecule has 0 aromatic heterocycles. The number of likely N-dealkylation sites (tertiary alicyclic amines) is 1. The molecule has 1 aromatic rings. The average molecular weight is 282 g/mol. The summed E-state index contributed by atoms with van der Waals surface area (Å²) in [6.45, 7) is 0.575. The fourth-order valence-electron chi connectivity index (χ4n) is 2.34. The first kappa shape index (κ1) is 13.9. The van der Waals surface area contributed by atoms with E-state index in [0.717, 1.165) is 12.8 Å². The summed E-state index contributed by atoms with van der Waals surface area (Å²) < 4.78 is 4.77. The molecule has 102 valence electrons. The van der Waals surface area contributed by atoms with E-state index >= 15 is 0 Å². The van der Waals surface area contributed by atoms with Crippen molar-refractivity contribution in [2.45, 2.75) is 25.3 Å². The highest BCUT2D eigenvalue weighted by Crippen LogP contribution is 2.21. The molecule has 0 radical (unpaired) electrons. The van der Waals surface area contributed by atoms with E-state index in [1.165, 1.54) is 7.11 Å². The number of halogens is 1. The number of rotatable bonds is 2. The Bertz CT molecular complexity index is 489. The molecule has 0 bridgehead atoms. The summed E-state index contributed by atoms with van der Waals surface area (Å²) in [5.74, 6) is -0.521. The smallest absolute Gasteiger partial charge is 0.328 e. The lowest BCUT2D eigenvalue weighted by Gasteiger charge is -2.33. The van der Waals surface area contributed by atoms with Gasteiger partial charge in [0.05, 0.1) is 7.11 Å². The quantitative estimate of drug-likeness (QED) is 0.783. The van der Waals surface area contributed by atoms with Gasteiger partial charge in [0.1, 0.15) is 6.04 Å². The maximum absolute atomic E-state index is 12.4. The van der Waals surface area contributed by atoms with Crippen LogP contribution in [0, 0.1) is 0 Å². The third kappa shape index (κ3) is 3.07. The van der Waals surface area contributed by atoms with Crippen LogP contribution in [0.1, 0.15) is 29.6 Å².